The molecule has 2 rings (SSSR count). The molecule has 0 saturated heterocycles. The Balaban J connectivity index is 2.31. The third kappa shape index (κ3) is 1.76. The second-order valence-corrected chi connectivity index (χ2v) is 2.83. The van der Waals surface area contributed by atoms with Crippen LogP contribution in [0.3, 0.4) is 0 Å². The van der Waals surface area contributed by atoms with Crippen molar-refractivity contribution in [1.82, 2.24) is 9.55 Å². The van der Waals surface area contributed by atoms with E-state index in [1.54, 1.807) is 6.20 Å². The predicted molar refractivity (Wildman–Crippen MR) is 53.6 cm³/mol. The molecule has 2 aromatic rings. The zero-order valence-corrected chi connectivity index (χ0v) is 7.97. The van der Waals surface area contributed by atoms with Crippen molar-refractivity contribution in [3.05, 3.63) is 43.0 Å². The van der Waals surface area contributed by atoms with E-state index < -0.39 is 0 Å². The van der Waals surface area contributed by atoms with Crippen molar-refractivity contribution in [2.75, 3.05) is 6.61 Å². The average molecular weight is 187 g/mol. The lowest BCUT2D eigenvalue weighted by atomic mass is 10.3. The average Bonchev–Trinajstić information content (AvgIpc) is 2.71. The van der Waals surface area contributed by atoms with Gasteiger partial charge in [-0.05, 0) is 19.1 Å². The molecule has 0 N–H and O–H groups in total. The molecule has 1 aromatic carbocycles. The van der Waals surface area contributed by atoms with Crippen molar-refractivity contribution in [2.45, 2.75) is 6.92 Å². The summed E-state index contributed by atoms with van der Waals surface area (Å²) in [6.45, 7) is 2.65. The minimum atomic E-state index is 0.678. The maximum atomic E-state index is 5.40. The summed E-state index contributed by atoms with van der Waals surface area (Å²) in [4.78, 5) is 3.87. The van der Waals surface area contributed by atoms with Crippen molar-refractivity contribution in [2.24, 2.45) is 0 Å². The number of rotatable bonds is 3. The van der Waals surface area contributed by atoms with Gasteiger partial charge in [-0.1, -0.05) is 6.07 Å². The van der Waals surface area contributed by atoms with Crippen molar-refractivity contribution < 1.29 is 4.74 Å². The van der Waals surface area contributed by atoms with E-state index in [1.807, 2.05) is 42.0 Å². The van der Waals surface area contributed by atoms with Gasteiger partial charge in [-0.25, -0.2) is 4.98 Å². The van der Waals surface area contributed by atoms with Gasteiger partial charge in [0.25, 0.3) is 0 Å². The summed E-state index contributed by atoms with van der Waals surface area (Å²) in [6.07, 6.45) is 6.39. The van der Waals surface area contributed by atoms with E-state index in [9.17, 15) is 0 Å². The molecule has 1 radical (unpaired) electrons. The first-order valence-electron chi connectivity index (χ1n) is 4.54. The molecule has 71 valence electrons. The Morgan fingerprint density at radius 1 is 1.50 bits per heavy atom. The SMILES string of the molecule is CCOc1cccc(-n2[c]ncc2)c1. The van der Waals surface area contributed by atoms with E-state index >= 15 is 0 Å². The maximum Gasteiger partial charge on any atom is 0.181 e. The highest BCUT2D eigenvalue weighted by molar-refractivity contribution is 5.38. The van der Waals surface area contributed by atoms with Crippen LogP contribution in [0.2, 0.25) is 0 Å². The highest BCUT2D eigenvalue weighted by Crippen LogP contribution is 2.15. The normalized spacial score (nSPS) is 10.1. The van der Waals surface area contributed by atoms with E-state index in [-0.39, 0.29) is 0 Å². The van der Waals surface area contributed by atoms with Gasteiger partial charge in [-0.3, -0.25) is 4.57 Å². The Hall–Kier alpha value is -1.77. The number of ether oxygens (including phenoxy) is 1. The van der Waals surface area contributed by atoms with Gasteiger partial charge in [0.05, 0.1) is 12.3 Å². The first-order valence-corrected chi connectivity index (χ1v) is 4.54. The van der Waals surface area contributed by atoms with Crippen molar-refractivity contribution in [3.63, 3.8) is 0 Å². The molecule has 0 spiro atoms. The number of benzene rings is 1. The smallest absolute Gasteiger partial charge is 0.181 e. The predicted octanol–water partition coefficient (Wildman–Crippen LogP) is 2.07. The van der Waals surface area contributed by atoms with Crippen LogP contribution in [0, 0.1) is 6.33 Å². The maximum absolute atomic E-state index is 5.40. The van der Waals surface area contributed by atoms with Gasteiger partial charge < -0.3 is 4.74 Å². The van der Waals surface area contributed by atoms with Crippen LogP contribution in [-0.2, 0) is 0 Å². The van der Waals surface area contributed by atoms with Crippen molar-refractivity contribution in [3.8, 4) is 11.4 Å². The van der Waals surface area contributed by atoms with Gasteiger partial charge in [0, 0.05) is 18.5 Å². The van der Waals surface area contributed by atoms with Gasteiger partial charge in [0.2, 0.25) is 0 Å². The minimum Gasteiger partial charge on any atom is -0.494 e. The molecular weight excluding hydrogens is 176 g/mol. The van der Waals surface area contributed by atoms with E-state index in [4.69, 9.17) is 4.74 Å². The van der Waals surface area contributed by atoms with Crippen molar-refractivity contribution >= 4 is 0 Å². The van der Waals surface area contributed by atoms with Crippen LogP contribution in [0.5, 0.6) is 5.75 Å². The molecule has 0 aliphatic heterocycles. The van der Waals surface area contributed by atoms with Crippen LogP contribution in [0.25, 0.3) is 5.69 Å². The molecule has 3 heteroatoms. The zero-order valence-electron chi connectivity index (χ0n) is 7.97. The Labute approximate surface area is 83.0 Å². The summed E-state index contributed by atoms with van der Waals surface area (Å²) < 4.78 is 7.22. The van der Waals surface area contributed by atoms with Gasteiger partial charge >= 0.3 is 0 Å². The molecule has 1 aromatic heterocycles. The van der Waals surface area contributed by atoms with Gasteiger partial charge in [0.15, 0.2) is 6.33 Å². The summed E-state index contributed by atoms with van der Waals surface area (Å²) in [5.74, 6) is 0.868. The number of hydrogen-bond acceptors (Lipinski definition) is 2. The largest absolute Gasteiger partial charge is 0.494 e. The molecule has 0 fully saturated rings. The first-order chi connectivity index (χ1) is 6.90. The summed E-state index contributed by atoms with van der Waals surface area (Å²) in [7, 11) is 0. The van der Waals surface area contributed by atoms with Crippen LogP contribution in [0.1, 0.15) is 6.92 Å². The Morgan fingerprint density at radius 2 is 2.43 bits per heavy atom. The topological polar surface area (TPSA) is 27.1 Å². The number of imidazole rings is 1. The number of hydrogen-bond donors (Lipinski definition) is 0. The fourth-order valence-corrected chi connectivity index (χ4v) is 1.26. The second-order valence-electron chi connectivity index (χ2n) is 2.83. The summed E-state index contributed by atoms with van der Waals surface area (Å²) >= 11 is 0. The van der Waals surface area contributed by atoms with Crippen LogP contribution < -0.4 is 4.74 Å². The van der Waals surface area contributed by atoms with Crippen LogP contribution >= 0.6 is 0 Å². The van der Waals surface area contributed by atoms with E-state index in [0.29, 0.717) is 6.61 Å². The molecule has 14 heavy (non-hydrogen) atoms. The first kappa shape index (κ1) is 8.81. The summed E-state index contributed by atoms with van der Waals surface area (Å²) in [5, 5.41) is 0. The lowest BCUT2D eigenvalue weighted by molar-refractivity contribution is 0.340. The van der Waals surface area contributed by atoms with Gasteiger partial charge in [-0.2, -0.15) is 0 Å². The Morgan fingerprint density at radius 3 is 3.14 bits per heavy atom. The molecule has 0 aliphatic rings. The van der Waals surface area contributed by atoms with Crippen LogP contribution in [0.15, 0.2) is 36.7 Å². The molecule has 0 atom stereocenters. The molecule has 0 saturated carbocycles. The molecular formula is C11H11N2O. The monoisotopic (exact) mass is 187 g/mol. The summed E-state index contributed by atoms with van der Waals surface area (Å²) in [5.41, 5.74) is 1.01. The quantitative estimate of drug-likeness (QED) is 0.735. The lowest BCUT2D eigenvalue weighted by Crippen LogP contribution is -1.94. The summed E-state index contributed by atoms with van der Waals surface area (Å²) in [6, 6.07) is 7.83. The molecule has 0 bridgehead atoms. The Bertz CT molecular complexity index is 395. The molecule has 1 heterocycles. The van der Waals surface area contributed by atoms with E-state index in [1.165, 1.54) is 0 Å². The fourth-order valence-electron chi connectivity index (χ4n) is 1.26. The molecule has 0 unspecified atom stereocenters. The van der Waals surface area contributed by atoms with Crippen LogP contribution in [0.4, 0.5) is 0 Å². The third-order valence-corrected chi connectivity index (χ3v) is 1.86. The Kier molecular flexibility index (Phi) is 2.49. The molecule has 0 aliphatic carbocycles. The second kappa shape index (κ2) is 3.96. The van der Waals surface area contributed by atoms with Gasteiger partial charge in [0.1, 0.15) is 5.75 Å². The third-order valence-electron chi connectivity index (χ3n) is 1.86. The number of nitrogens with zero attached hydrogens (tertiary/aromatic N) is 2. The van der Waals surface area contributed by atoms with E-state index in [0.717, 1.165) is 11.4 Å². The number of aromatic nitrogens is 2. The zero-order chi connectivity index (χ0) is 9.80. The minimum absolute atomic E-state index is 0.678. The van der Waals surface area contributed by atoms with Crippen LogP contribution in [-0.4, -0.2) is 16.2 Å². The van der Waals surface area contributed by atoms with Crippen molar-refractivity contribution in [1.29, 1.82) is 0 Å². The highest BCUT2D eigenvalue weighted by Gasteiger charge is 1.97. The standard InChI is InChI=1S/C11H11N2O/c1-2-14-11-5-3-4-10(8-11)13-7-6-12-9-13/h3-8H,2H2,1H3. The van der Waals surface area contributed by atoms with Gasteiger partial charge in [-0.15, -0.1) is 0 Å². The lowest BCUT2D eigenvalue weighted by Gasteiger charge is -2.05. The molecule has 3 nitrogen and oxygen atoms in total. The highest BCUT2D eigenvalue weighted by atomic mass is 16.5. The fraction of sp³-hybridized carbons (Fsp3) is 0.182. The molecule has 0 amide bonds. The van der Waals surface area contributed by atoms with E-state index in [2.05, 4.69) is 11.3 Å².